The van der Waals surface area contributed by atoms with E-state index < -0.39 is 41.4 Å². The van der Waals surface area contributed by atoms with Gasteiger partial charge < -0.3 is 15.7 Å². The van der Waals surface area contributed by atoms with Crippen LogP contribution >= 0.6 is 0 Å². The van der Waals surface area contributed by atoms with Crippen LogP contribution in [0.25, 0.3) is 6.08 Å². The van der Waals surface area contributed by atoms with Crippen molar-refractivity contribution in [3.63, 3.8) is 0 Å². The van der Waals surface area contributed by atoms with Gasteiger partial charge in [-0.05, 0) is 102 Å². The molecule has 2 saturated carbocycles. The fraction of sp³-hybridized carbons (Fsp3) is 0.500. The van der Waals surface area contributed by atoms with Crippen LogP contribution in [0.3, 0.4) is 0 Å². The maximum Gasteiger partial charge on any atom is 0.456 e. The van der Waals surface area contributed by atoms with Crippen LogP contribution in [0.1, 0.15) is 95.2 Å². The van der Waals surface area contributed by atoms with Crippen molar-refractivity contribution in [1.29, 1.82) is 0 Å². The van der Waals surface area contributed by atoms with Crippen molar-refractivity contribution in [3.05, 3.63) is 94.1 Å². The number of alkyl halides is 5. The highest BCUT2D eigenvalue weighted by atomic mass is 19.4. The molecule has 0 spiro atoms. The van der Waals surface area contributed by atoms with Crippen molar-refractivity contribution < 1.29 is 36.6 Å². The molecule has 0 radical (unpaired) electrons. The quantitative estimate of drug-likeness (QED) is 0.263. The van der Waals surface area contributed by atoms with Gasteiger partial charge in [0.2, 0.25) is 0 Å². The van der Waals surface area contributed by atoms with Gasteiger partial charge in [-0.25, -0.2) is 4.79 Å². The van der Waals surface area contributed by atoms with Crippen LogP contribution in [0, 0.1) is 17.3 Å². The summed E-state index contributed by atoms with van der Waals surface area (Å²) in [5, 5.41) is 17.1. The molecule has 50 heavy (non-hydrogen) atoms. The first-order valence-electron chi connectivity index (χ1n) is 17.4. The number of hydrogen-bond acceptors (Lipinski definition) is 3. The number of ketones is 1. The minimum Gasteiger partial charge on any atom is -0.383 e. The fourth-order valence-corrected chi connectivity index (χ4v) is 9.13. The number of hydrogen-bond donors (Lipinski definition) is 3. The van der Waals surface area contributed by atoms with Crippen LogP contribution < -0.4 is 10.6 Å². The number of halogens is 5. The summed E-state index contributed by atoms with van der Waals surface area (Å²) < 4.78 is 72.0. The zero-order chi connectivity index (χ0) is 36.3. The van der Waals surface area contributed by atoms with Crippen LogP contribution in [0.2, 0.25) is 0 Å². The van der Waals surface area contributed by atoms with E-state index in [0.717, 1.165) is 33.4 Å². The fourth-order valence-electron chi connectivity index (χ4n) is 9.13. The number of allylic oxidation sites excluding steroid dienone is 4. The van der Waals surface area contributed by atoms with E-state index in [9.17, 15) is 27.9 Å². The molecule has 0 bridgehead atoms. The molecule has 0 saturated heterocycles. The second kappa shape index (κ2) is 12.8. The second-order valence-corrected chi connectivity index (χ2v) is 15.7. The molecule has 2 aromatic carbocycles. The summed E-state index contributed by atoms with van der Waals surface area (Å²) in [5.41, 5.74) is 1.49. The second-order valence-electron chi connectivity index (χ2n) is 15.7. The first kappa shape index (κ1) is 36.0. The molecule has 0 heterocycles. The number of nitrogens with one attached hydrogen (secondary N) is 2. The first-order chi connectivity index (χ1) is 23.4. The lowest BCUT2D eigenvalue weighted by atomic mass is 9.50. The molecule has 5 nitrogen and oxygen atoms in total. The summed E-state index contributed by atoms with van der Waals surface area (Å²) in [6.45, 7) is 8.03. The Labute approximate surface area is 290 Å². The Bertz CT molecular complexity index is 1740. The predicted molar refractivity (Wildman–Crippen MR) is 184 cm³/mol. The smallest absolute Gasteiger partial charge is 0.383 e. The van der Waals surface area contributed by atoms with E-state index in [1.807, 2.05) is 54.6 Å². The molecule has 2 fully saturated rings. The Morgan fingerprint density at radius 1 is 0.960 bits per heavy atom. The molecule has 10 heteroatoms. The van der Waals surface area contributed by atoms with Crippen LogP contribution in [0.4, 0.5) is 32.4 Å². The molecule has 6 rings (SSSR count). The topological polar surface area (TPSA) is 78.4 Å². The van der Waals surface area contributed by atoms with Crippen LogP contribution in [0.5, 0.6) is 0 Å². The Morgan fingerprint density at radius 3 is 2.28 bits per heavy atom. The number of carbonyl (C=O) groups excluding carboxylic acids is 2. The molecule has 2 unspecified atom stereocenters. The third-order valence-corrected chi connectivity index (χ3v) is 11.8. The molecule has 3 N–H and O–H groups in total. The molecule has 4 aliphatic rings. The Hall–Kier alpha value is -3.79. The van der Waals surface area contributed by atoms with Crippen LogP contribution in [0.15, 0.2) is 77.4 Å². The van der Waals surface area contributed by atoms with Crippen LogP contribution in [-0.2, 0) is 10.2 Å². The lowest BCUT2D eigenvalue weighted by Crippen LogP contribution is -2.65. The van der Waals surface area contributed by atoms with E-state index in [1.54, 1.807) is 12.2 Å². The molecule has 4 aliphatic carbocycles. The predicted octanol–water partition coefficient (Wildman–Crippen LogP) is 9.65. The van der Waals surface area contributed by atoms with Crippen molar-refractivity contribution in [3.8, 4) is 0 Å². The number of benzene rings is 2. The summed E-state index contributed by atoms with van der Waals surface area (Å²) in [6.07, 6.45) is 0.719. The molecule has 2 amide bonds. The Morgan fingerprint density at radius 2 is 1.64 bits per heavy atom. The Balaban J connectivity index is 1.22. The zero-order valence-electron chi connectivity index (χ0n) is 28.9. The average molecular weight is 697 g/mol. The van der Waals surface area contributed by atoms with Gasteiger partial charge in [-0.2, -0.15) is 22.0 Å². The van der Waals surface area contributed by atoms with Gasteiger partial charge in [0.05, 0.1) is 0 Å². The first-order valence-corrected chi connectivity index (χ1v) is 17.4. The maximum absolute atomic E-state index is 15.2. The van der Waals surface area contributed by atoms with E-state index in [2.05, 4.69) is 31.4 Å². The highest BCUT2D eigenvalue weighted by Crippen LogP contribution is 2.70. The van der Waals surface area contributed by atoms with E-state index >= 15 is 8.78 Å². The van der Waals surface area contributed by atoms with E-state index in [4.69, 9.17) is 0 Å². The summed E-state index contributed by atoms with van der Waals surface area (Å²) >= 11 is 0. The monoisotopic (exact) mass is 696 g/mol. The molecule has 2 aromatic rings. The van der Waals surface area contributed by atoms with Gasteiger partial charge in [0.15, 0.2) is 5.78 Å². The van der Waals surface area contributed by atoms with Crippen molar-refractivity contribution in [1.82, 2.24) is 5.32 Å². The van der Waals surface area contributed by atoms with Gasteiger partial charge >= 0.3 is 18.1 Å². The van der Waals surface area contributed by atoms with Crippen molar-refractivity contribution in [2.45, 2.75) is 102 Å². The van der Waals surface area contributed by atoms with Gasteiger partial charge in [0.25, 0.3) is 0 Å². The Kier molecular flexibility index (Phi) is 9.19. The van der Waals surface area contributed by atoms with Gasteiger partial charge in [0.1, 0.15) is 5.60 Å². The van der Waals surface area contributed by atoms with Gasteiger partial charge in [-0.3, -0.25) is 4.79 Å². The van der Waals surface area contributed by atoms with E-state index in [0.29, 0.717) is 31.4 Å². The molecule has 0 aromatic heterocycles. The number of fused-ring (bicyclic) bond motifs is 4. The number of anilines is 1. The molecule has 268 valence electrons. The number of carbonyl (C=O) groups is 2. The van der Waals surface area contributed by atoms with Gasteiger partial charge in [-0.1, -0.05) is 81.8 Å². The van der Waals surface area contributed by atoms with Crippen molar-refractivity contribution >= 4 is 23.6 Å². The SMILES string of the molecule is CC(C)(C)c1ccc(NC(=O)NC/C=C/c2ccc([C@H]3C[C@@]4(C)C(CC[C@@]4(O)C(F)(F)C(F)(F)F)C4CCC5=CC(=O)CCC5=C43)cc2)cc1. The third-order valence-electron chi connectivity index (χ3n) is 11.8. The van der Waals surface area contributed by atoms with Crippen molar-refractivity contribution in [2.24, 2.45) is 17.3 Å². The number of aliphatic hydroxyl groups is 1. The zero-order valence-corrected chi connectivity index (χ0v) is 28.9. The van der Waals surface area contributed by atoms with Gasteiger partial charge in [0, 0.05) is 30.0 Å². The number of amides is 2. The minimum atomic E-state index is -5.89. The van der Waals surface area contributed by atoms with Crippen molar-refractivity contribution in [2.75, 3.05) is 11.9 Å². The summed E-state index contributed by atoms with van der Waals surface area (Å²) in [5.74, 6) is -6.55. The summed E-state index contributed by atoms with van der Waals surface area (Å²) in [7, 11) is 0. The summed E-state index contributed by atoms with van der Waals surface area (Å²) in [6, 6.07) is 14.8. The highest BCUT2D eigenvalue weighted by Gasteiger charge is 2.79. The van der Waals surface area contributed by atoms with Crippen LogP contribution in [-0.4, -0.2) is 41.2 Å². The normalized spacial score (nSPS) is 28.6. The third kappa shape index (κ3) is 6.22. The lowest BCUT2D eigenvalue weighted by molar-refractivity contribution is -0.362. The number of rotatable bonds is 6. The van der Waals surface area contributed by atoms with E-state index in [-0.39, 0.29) is 42.5 Å². The lowest BCUT2D eigenvalue weighted by Gasteiger charge is -2.56. The molecular formula is C40H45F5N2O3. The standard InChI is InChI=1S/C40H45F5N2O3/c1-36(2,3)27-12-14-28(15-13-27)47-35(49)46-21-5-6-24-7-9-25(10-8-24)32-23-37(4)33(19-20-38(37,50)39(41,42)40(43,44)45)31-17-11-26-22-29(48)16-18-30(26)34(31)32/h5-10,12-15,22,31-33,50H,11,16-21,23H2,1-4H3,(H2,46,47,49)/b6-5+/t31?,32-,33?,37+,38+/m1/s1. The molecule has 0 aliphatic heterocycles. The largest absolute Gasteiger partial charge is 0.456 e. The molecule has 5 atom stereocenters. The van der Waals surface area contributed by atoms with E-state index in [1.165, 1.54) is 6.92 Å². The average Bonchev–Trinajstić information content (AvgIpc) is 3.33. The molecular weight excluding hydrogens is 651 g/mol. The maximum atomic E-state index is 15.2. The summed E-state index contributed by atoms with van der Waals surface area (Å²) in [4.78, 5) is 24.7. The van der Waals surface area contributed by atoms with Gasteiger partial charge in [-0.15, -0.1) is 0 Å². The highest BCUT2D eigenvalue weighted by molar-refractivity contribution is 5.93. The number of urea groups is 1. The minimum absolute atomic E-state index is 0.00504.